The molecule has 1 aromatic carbocycles. The number of benzene rings is 1. The van der Waals surface area contributed by atoms with Crippen molar-refractivity contribution >= 4 is 28.6 Å². The van der Waals surface area contributed by atoms with Gasteiger partial charge in [-0.1, -0.05) is 23.4 Å². The van der Waals surface area contributed by atoms with Crippen molar-refractivity contribution in [3.8, 4) is 5.75 Å². The number of hydrogen-bond donors (Lipinski definition) is 2. The van der Waals surface area contributed by atoms with Crippen LogP contribution in [0.25, 0.3) is 11.0 Å². The second-order valence-corrected chi connectivity index (χ2v) is 5.82. The fraction of sp³-hybridized carbons (Fsp3) is 0.125. The van der Waals surface area contributed by atoms with Crippen LogP contribution in [0.4, 0.5) is 0 Å². The summed E-state index contributed by atoms with van der Waals surface area (Å²) >= 11 is 1.30. The van der Waals surface area contributed by atoms with E-state index in [0.29, 0.717) is 5.16 Å². The van der Waals surface area contributed by atoms with Crippen LogP contribution in [0.5, 0.6) is 5.75 Å². The molecule has 0 amide bonds. The molecule has 0 aliphatic rings. The van der Waals surface area contributed by atoms with Crippen molar-refractivity contribution in [1.82, 2.24) is 15.0 Å². The minimum absolute atomic E-state index is 0.106. The number of nitrogens with zero attached hydrogens (tertiary/aromatic N) is 2. The van der Waals surface area contributed by atoms with E-state index in [1.165, 1.54) is 30.1 Å². The lowest BCUT2D eigenvalue weighted by molar-refractivity contribution is 0.103. The van der Waals surface area contributed by atoms with Gasteiger partial charge in [0.15, 0.2) is 16.6 Å². The molecule has 0 aliphatic heterocycles. The number of aromatic hydroxyl groups is 1. The fourth-order valence-electron chi connectivity index (χ4n) is 2.21. The Bertz CT molecular complexity index is 982. The number of phenolic OH excluding ortho intramolecular Hbond substituents is 1. The third kappa shape index (κ3) is 2.83. The molecule has 0 spiro atoms. The predicted octanol–water partition coefficient (Wildman–Crippen LogP) is 2.29. The fourth-order valence-corrected chi connectivity index (χ4v) is 2.58. The largest absolute Gasteiger partial charge is 0.507 e. The molecule has 2 aromatic heterocycles. The van der Waals surface area contributed by atoms with Gasteiger partial charge in [-0.25, -0.2) is 9.97 Å². The van der Waals surface area contributed by atoms with E-state index in [0.717, 1.165) is 5.56 Å². The van der Waals surface area contributed by atoms with Gasteiger partial charge in [0.25, 0.3) is 5.56 Å². The monoisotopic (exact) mass is 327 g/mol. The summed E-state index contributed by atoms with van der Waals surface area (Å²) in [7, 11) is 0. The van der Waals surface area contributed by atoms with Crippen LogP contribution in [-0.2, 0) is 0 Å². The number of aromatic amines is 1. The lowest BCUT2D eigenvalue weighted by Gasteiger charge is -2.06. The highest BCUT2D eigenvalue weighted by Crippen LogP contribution is 2.22. The molecule has 0 saturated heterocycles. The van der Waals surface area contributed by atoms with E-state index in [9.17, 15) is 14.7 Å². The van der Waals surface area contributed by atoms with Crippen LogP contribution < -0.4 is 5.56 Å². The number of fused-ring (bicyclic) bond motifs is 1. The van der Waals surface area contributed by atoms with Gasteiger partial charge in [0.2, 0.25) is 0 Å². The zero-order valence-corrected chi connectivity index (χ0v) is 13.3. The van der Waals surface area contributed by atoms with E-state index in [1.54, 1.807) is 18.4 Å². The van der Waals surface area contributed by atoms with Gasteiger partial charge in [0, 0.05) is 11.8 Å². The third-order valence-electron chi connectivity index (χ3n) is 3.39. The normalized spacial score (nSPS) is 10.9. The van der Waals surface area contributed by atoms with Gasteiger partial charge in [-0.15, -0.1) is 0 Å². The number of carbonyl (C=O) groups is 1. The summed E-state index contributed by atoms with van der Waals surface area (Å²) in [6.45, 7) is 1.83. The molecule has 0 atom stereocenters. The molecule has 2 N–H and O–H groups in total. The number of H-pyrrole nitrogens is 1. The van der Waals surface area contributed by atoms with Crippen molar-refractivity contribution in [2.24, 2.45) is 0 Å². The van der Waals surface area contributed by atoms with Crippen LogP contribution in [0.15, 0.2) is 40.4 Å². The molecule has 6 nitrogen and oxygen atoms in total. The van der Waals surface area contributed by atoms with Crippen molar-refractivity contribution in [3.63, 3.8) is 0 Å². The highest BCUT2D eigenvalue weighted by atomic mass is 32.2. The first-order chi connectivity index (χ1) is 11.0. The summed E-state index contributed by atoms with van der Waals surface area (Å²) in [5.41, 5.74) is 1.18. The van der Waals surface area contributed by atoms with Crippen LogP contribution in [-0.4, -0.2) is 32.1 Å². The standard InChI is InChI=1S/C16H13N3O3S/c1-8-3-4-12(20)10(5-8)13(21)9-6-11-14(17-7-9)18-16(23-2)19-15(11)22/h3-7,20H,1-2H3,(H,17,18,19,22). The molecule has 23 heavy (non-hydrogen) atoms. The number of nitrogens with one attached hydrogen (secondary N) is 1. The Morgan fingerprint density at radius 2 is 2.09 bits per heavy atom. The molecule has 0 unspecified atom stereocenters. The molecule has 116 valence electrons. The third-order valence-corrected chi connectivity index (χ3v) is 3.97. The number of ketones is 1. The molecule has 0 aliphatic carbocycles. The Kier molecular flexibility index (Phi) is 3.87. The van der Waals surface area contributed by atoms with Crippen molar-refractivity contribution in [2.45, 2.75) is 12.1 Å². The second kappa shape index (κ2) is 5.85. The molecule has 2 heterocycles. The Morgan fingerprint density at radius 1 is 1.30 bits per heavy atom. The number of phenols is 1. The summed E-state index contributed by atoms with van der Waals surface area (Å²) in [6, 6.07) is 6.23. The number of hydrogen-bond acceptors (Lipinski definition) is 6. The van der Waals surface area contributed by atoms with Crippen LogP contribution in [0.1, 0.15) is 21.5 Å². The van der Waals surface area contributed by atoms with Gasteiger partial charge >= 0.3 is 0 Å². The van der Waals surface area contributed by atoms with E-state index >= 15 is 0 Å². The molecule has 3 aromatic rings. The quantitative estimate of drug-likeness (QED) is 0.435. The smallest absolute Gasteiger partial charge is 0.261 e. The lowest BCUT2D eigenvalue weighted by Crippen LogP contribution is -2.12. The Hall–Kier alpha value is -2.67. The van der Waals surface area contributed by atoms with Crippen LogP contribution >= 0.6 is 11.8 Å². The number of pyridine rings is 1. The number of thioether (sulfide) groups is 1. The van der Waals surface area contributed by atoms with Crippen molar-refractivity contribution < 1.29 is 9.90 Å². The first-order valence-corrected chi connectivity index (χ1v) is 8.00. The van der Waals surface area contributed by atoms with Gasteiger partial charge in [0.1, 0.15) is 5.75 Å². The van der Waals surface area contributed by atoms with Crippen LogP contribution in [0.2, 0.25) is 0 Å². The summed E-state index contributed by atoms with van der Waals surface area (Å²) in [5, 5.41) is 10.6. The number of carbonyl (C=O) groups excluding carboxylic acids is 1. The van der Waals surface area contributed by atoms with Gasteiger partial charge < -0.3 is 10.1 Å². The topological polar surface area (TPSA) is 95.9 Å². The SMILES string of the molecule is CSc1nc2ncc(C(=O)c3cc(C)ccc3O)cc2c(=O)[nH]1. The van der Waals surface area contributed by atoms with Crippen LogP contribution in [0, 0.1) is 6.92 Å². The highest BCUT2D eigenvalue weighted by molar-refractivity contribution is 7.98. The van der Waals surface area contributed by atoms with E-state index in [2.05, 4.69) is 15.0 Å². The zero-order valence-electron chi connectivity index (χ0n) is 12.5. The highest BCUT2D eigenvalue weighted by Gasteiger charge is 2.16. The molecule has 7 heteroatoms. The summed E-state index contributed by atoms with van der Waals surface area (Å²) < 4.78 is 0. The molecule has 0 fully saturated rings. The van der Waals surface area contributed by atoms with E-state index in [-0.39, 0.29) is 33.5 Å². The first kappa shape index (κ1) is 15.2. The Labute approximate surface area is 135 Å². The Balaban J connectivity index is 2.13. The number of rotatable bonds is 3. The molecule has 0 radical (unpaired) electrons. The van der Waals surface area contributed by atoms with Crippen molar-refractivity contribution in [2.75, 3.05) is 6.26 Å². The molecule has 0 bridgehead atoms. The molecule has 0 saturated carbocycles. The van der Waals surface area contributed by atoms with Crippen molar-refractivity contribution in [3.05, 3.63) is 57.5 Å². The minimum atomic E-state index is -0.394. The maximum absolute atomic E-state index is 12.6. The van der Waals surface area contributed by atoms with Gasteiger partial charge in [-0.2, -0.15) is 0 Å². The molecule has 3 rings (SSSR count). The van der Waals surface area contributed by atoms with Crippen molar-refractivity contribution in [1.29, 1.82) is 0 Å². The van der Waals surface area contributed by atoms with Gasteiger partial charge in [0.05, 0.1) is 10.9 Å². The molecular weight excluding hydrogens is 314 g/mol. The maximum Gasteiger partial charge on any atom is 0.261 e. The van der Waals surface area contributed by atoms with Gasteiger partial charge in [-0.3, -0.25) is 9.59 Å². The number of aryl methyl sites for hydroxylation is 1. The van der Waals surface area contributed by atoms with E-state index in [4.69, 9.17) is 0 Å². The predicted molar refractivity (Wildman–Crippen MR) is 88.2 cm³/mol. The first-order valence-electron chi connectivity index (χ1n) is 6.78. The van der Waals surface area contributed by atoms with Gasteiger partial charge in [-0.05, 0) is 31.4 Å². The average molecular weight is 327 g/mol. The number of aromatic nitrogens is 3. The maximum atomic E-state index is 12.6. The lowest BCUT2D eigenvalue weighted by atomic mass is 10.0. The zero-order chi connectivity index (χ0) is 16.6. The van der Waals surface area contributed by atoms with E-state index in [1.807, 2.05) is 6.92 Å². The Morgan fingerprint density at radius 3 is 2.83 bits per heavy atom. The second-order valence-electron chi connectivity index (χ2n) is 5.02. The van der Waals surface area contributed by atoms with Crippen LogP contribution in [0.3, 0.4) is 0 Å². The minimum Gasteiger partial charge on any atom is -0.507 e. The molecular formula is C16H13N3O3S. The average Bonchev–Trinajstić information content (AvgIpc) is 2.56. The summed E-state index contributed by atoms with van der Waals surface area (Å²) in [5.74, 6) is -0.501. The summed E-state index contributed by atoms with van der Waals surface area (Å²) in [6.07, 6.45) is 3.16. The summed E-state index contributed by atoms with van der Waals surface area (Å²) in [4.78, 5) is 35.6. The van der Waals surface area contributed by atoms with E-state index < -0.39 is 5.78 Å².